The van der Waals surface area contributed by atoms with Crippen LogP contribution in [0.5, 0.6) is 0 Å². The lowest BCUT2D eigenvalue weighted by atomic mass is 9.69. The fourth-order valence-corrected chi connectivity index (χ4v) is 3.16. The van der Waals surface area contributed by atoms with Gasteiger partial charge in [-0.05, 0) is 23.6 Å². The molecule has 25 heavy (non-hydrogen) atoms. The van der Waals surface area contributed by atoms with Crippen LogP contribution in [0.4, 0.5) is 0 Å². The van der Waals surface area contributed by atoms with Crippen LogP contribution in [0.1, 0.15) is 23.6 Å². The van der Waals surface area contributed by atoms with Crippen LogP contribution in [0.15, 0.2) is 91.0 Å². The van der Waals surface area contributed by atoms with Crippen LogP contribution in [-0.4, -0.2) is 12.6 Å². The first-order valence-corrected chi connectivity index (χ1v) is 8.14. The van der Waals surface area contributed by atoms with Gasteiger partial charge in [0.25, 0.3) is 0 Å². The molecule has 0 radical (unpaired) electrons. The maximum Gasteiger partial charge on any atom is 0.325 e. The fraction of sp³-hybridized carbons (Fsp3) is 0.136. The maximum absolute atomic E-state index is 13.2. The first-order valence-electron chi connectivity index (χ1n) is 8.14. The molecule has 3 aromatic carbocycles. The summed E-state index contributed by atoms with van der Waals surface area (Å²) in [7, 11) is 0. The highest BCUT2D eigenvalue weighted by atomic mass is 31.0. The minimum Gasteiger partial charge on any atom is -0.465 e. The minimum absolute atomic E-state index is 0. The van der Waals surface area contributed by atoms with Gasteiger partial charge >= 0.3 is 5.97 Å². The number of carbonyl (C=O) groups is 1. The molecule has 0 N–H and O–H groups in total. The predicted octanol–water partition coefficient (Wildman–Crippen LogP) is 4.64. The molecule has 0 aliphatic rings. The molecule has 0 amide bonds. The second-order valence-electron chi connectivity index (χ2n) is 5.57. The number of ether oxygens (including phenoxy) is 1. The smallest absolute Gasteiger partial charge is 0.325 e. The molecule has 1 unspecified atom stereocenters. The van der Waals surface area contributed by atoms with Crippen molar-refractivity contribution in [2.24, 2.45) is 0 Å². The maximum atomic E-state index is 13.2. The minimum atomic E-state index is -0.972. The van der Waals surface area contributed by atoms with Gasteiger partial charge < -0.3 is 4.74 Å². The van der Waals surface area contributed by atoms with Gasteiger partial charge in [0.15, 0.2) is 0 Å². The van der Waals surface area contributed by atoms with E-state index in [4.69, 9.17) is 4.74 Å². The molecule has 0 aliphatic carbocycles. The summed E-state index contributed by atoms with van der Waals surface area (Å²) in [6.45, 7) is 2.18. The van der Waals surface area contributed by atoms with Crippen molar-refractivity contribution in [1.29, 1.82) is 0 Å². The average Bonchev–Trinajstić information content (AvgIpc) is 2.65. The van der Waals surface area contributed by atoms with Crippen LogP contribution in [0.25, 0.3) is 0 Å². The molecule has 0 saturated carbocycles. The Bertz CT molecular complexity index is 689. The summed E-state index contributed by atoms with van der Waals surface area (Å²) in [4.78, 5) is 13.2. The number of esters is 1. The molecule has 0 aliphatic heterocycles. The number of rotatable bonds is 5. The van der Waals surface area contributed by atoms with Crippen LogP contribution < -0.4 is 0 Å². The van der Waals surface area contributed by atoms with Gasteiger partial charge in [0.05, 0.1) is 6.61 Å². The van der Waals surface area contributed by atoms with Crippen molar-refractivity contribution < 1.29 is 9.53 Å². The first kappa shape index (κ1) is 18.9. The Balaban J connectivity index is 0.00000225. The van der Waals surface area contributed by atoms with E-state index in [2.05, 4.69) is 0 Å². The Morgan fingerprint density at radius 1 is 0.720 bits per heavy atom. The van der Waals surface area contributed by atoms with Crippen LogP contribution in [0.2, 0.25) is 0 Å². The SMILES string of the molecule is CCOC(=O)C(c1ccccc1)(c1ccccc1)c1ccccc1.P. The number of hydrogen-bond acceptors (Lipinski definition) is 2. The van der Waals surface area contributed by atoms with Gasteiger partial charge in [-0.25, -0.2) is 0 Å². The summed E-state index contributed by atoms with van der Waals surface area (Å²) >= 11 is 0. The van der Waals surface area contributed by atoms with E-state index in [1.54, 1.807) is 0 Å². The van der Waals surface area contributed by atoms with Gasteiger partial charge in [-0.3, -0.25) is 4.79 Å². The number of carbonyl (C=O) groups excluding carboxylic acids is 1. The van der Waals surface area contributed by atoms with Crippen molar-refractivity contribution in [3.05, 3.63) is 108 Å². The van der Waals surface area contributed by atoms with E-state index in [9.17, 15) is 4.79 Å². The Kier molecular flexibility index (Phi) is 6.50. The third kappa shape index (κ3) is 3.50. The van der Waals surface area contributed by atoms with Crippen molar-refractivity contribution in [3.8, 4) is 0 Å². The molecular weight excluding hydrogens is 327 g/mol. The summed E-state index contributed by atoms with van der Waals surface area (Å²) < 4.78 is 5.53. The molecule has 0 heterocycles. The van der Waals surface area contributed by atoms with E-state index in [-0.39, 0.29) is 15.9 Å². The molecule has 0 fully saturated rings. The van der Waals surface area contributed by atoms with E-state index in [1.165, 1.54) is 0 Å². The highest BCUT2D eigenvalue weighted by Crippen LogP contribution is 2.40. The van der Waals surface area contributed by atoms with Crippen molar-refractivity contribution in [2.45, 2.75) is 12.3 Å². The van der Waals surface area contributed by atoms with Crippen LogP contribution >= 0.6 is 9.90 Å². The Hall–Kier alpha value is -2.44. The third-order valence-electron chi connectivity index (χ3n) is 4.20. The molecule has 0 bridgehead atoms. The summed E-state index contributed by atoms with van der Waals surface area (Å²) in [5.41, 5.74) is 1.74. The zero-order valence-corrected chi connectivity index (χ0v) is 15.8. The predicted molar refractivity (Wildman–Crippen MR) is 107 cm³/mol. The number of benzene rings is 3. The molecule has 3 rings (SSSR count). The largest absolute Gasteiger partial charge is 0.465 e. The summed E-state index contributed by atoms with van der Waals surface area (Å²) in [5.74, 6) is -0.256. The molecule has 0 spiro atoms. The lowest BCUT2D eigenvalue weighted by Gasteiger charge is -2.33. The van der Waals surface area contributed by atoms with Gasteiger partial charge in [-0.2, -0.15) is 9.90 Å². The Labute approximate surface area is 152 Å². The quantitative estimate of drug-likeness (QED) is 0.381. The van der Waals surface area contributed by atoms with E-state index >= 15 is 0 Å². The summed E-state index contributed by atoms with van der Waals surface area (Å²) in [6, 6.07) is 29.5. The summed E-state index contributed by atoms with van der Waals surface area (Å²) in [6.07, 6.45) is 0. The molecule has 0 aromatic heterocycles. The van der Waals surface area contributed by atoms with Gasteiger partial charge in [-0.15, -0.1) is 0 Å². The normalized spacial score (nSPS) is 10.6. The molecule has 0 saturated heterocycles. The fourth-order valence-electron chi connectivity index (χ4n) is 3.16. The highest BCUT2D eigenvalue weighted by molar-refractivity contribution is 6.92. The molecule has 3 aromatic rings. The average molecular weight is 350 g/mol. The van der Waals surface area contributed by atoms with E-state index in [1.807, 2.05) is 97.9 Å². The van der Waals surface area contributed by atoms with Crippen molar-refractivity contribution in [2.75, 3.05) is 6.61 Å². The van der Waals surface area contributed by atoms with E-state index in [0.717, 1.165) is 16.7 Å². The standard InChI is InChI=1S/C22H20O2.H3P/c1-2-24-21(23)22(18-12-6-3-7-13-18,19-14-8-4-9-15-19)20-16-10-5-11-17-20;/h3-17H,2H2,1H3;1H3. The lowest BCUT2D eigenvalue weighted by Crippen LogP contribution is -2.40. The van der Waals surface area contributed by atoms with E-state index in [0.29, 0.717) is 6.61 Å². The zero-order valence-electron chi connectivity index (χ0n) is 14.4. The molecular formula is C22H23O2P. The van der Waals surface area contributed by atoms with Crippen LogP contribution in [0, 0.1) is 0 Å². The lowest BCUT2D eigenvalue weighted by molar-refractivity contribution is -0.146. The zero-order chi connectivity index (χ0) is 16.8. The molecule has 128 valence electrons. The van der Waals surface area contributed by atoms with Crippen molar-refractivity contribution in [3.63, 3.8) is 0 Å². The second kappa shape index (κ2) is 8.60. The van der Waals surface area contributed by atoms with Crippen molar-refractivity contribution >= 4 is 15.9 Å². The highest BCUT2D eigenvalue weighted by Gasteiger charge is 2.45. The van der Waals surface area contributed by atoms with Crippen molar-refractivity contribution in [1.82, 2.24) is 0 Å². The third-order valence-corrected chi connectivity index (χ3v) is 4.20. The number of hydrogen-bond donors (Lipinski definition) is 0. The monoisotopic (exact) mass is 350 g/mol. The summed E-state index contributed by atoms with van der Waals surface area (Å²) in [5, 5.41) is 0. The Morgan fingerprint density at radius 3 is 1.32 bits per heavy atom. The second-order valence-corrected chi connectivity index (χ2v) is 5.57. The Morgan fingerprint density at radius 2 is 1.04 bits per heavy atom. The van der Waals surface area contributed by atoms with Gasteiger partial charge in [0.1, 0.15) is 5.41 Å². The molecule has 2 nitrogen and oxygen atoms in total. The molecule has 3 heteroatoms. The first-order chi connectivity index (χ1) is 11.8. The van der Waals surface area contributed by atoms with Gasteiger partial charge in [-0.1, -0.05) is 91.0 Å². The van der Waals surface area contributed by atoms with Gasteiger partial charge in [0.2, 0.25) is 0 Å². The topological polar surface area (TPSA) is 26.3 Å². The van der Waals surface area contributed by atoms with Gasteiger partial charge in [0, 0.05) is 0 Å². The van der Waals surface area contributed by atoms with E-state index < -0.39 is 5.41 Å². The molecule has 1 atom stereocenters. The van der Waals surface area contributed by atoms with Crippen LogP contribution in [0.3, 0.4) is 0 Å². The van der Waals surface area contributed by atoms with Crippen LogP contribution in [-0.2, 0) is 14.9 Å².